The number of benzene rings is 1. The highest BCUT2D eigenvalue weighted by Crippen LogP contribution is 2.27. The maximum Gasteiger partial charge on any atom is 0.241 e. The van der Waals surface area contributed by atoms with Crippen LogP contribution in [0, 0.1) is 5.92 Å². The Kier molecular flexibility index (Phi) is 4.05. The average molecular weight is 289 g/mol. The van der Waals surface area contributed by atoms with Crippen LogP contribution in [-0.2, 0) is 10.2 Å². The second-order valence-electron chi connectivity index (χ2n) is 6.71. The molecule has 0 radical (unpaired) electrons. The summed E-state index contributed by atoms with van der Waals surface area (Å²) in [4.78, 5) is 16.5. The molecule has 21 heavy (non-hydrogen) atoms. The molecule has 0 unspecified atom stereocenters. The van der Waals surface area contributed by atoms with Crippen LogP contribution in [0.5, 0.6) is 0 Å². The topological polar surface area (TPSA) is 81.2 Å². The number of carbonyl (C=O) groups excluding carboxylic acids is 1. The van der Waals surface area contributed by atoms with Crippen molar-refractivity contribution in [3.63, 3.8) is 0 Å². The molecule has 0 saturated carbocycles. The van der Waals surface area contributed by atoms with Crippen molar-refractivity contribution in [3.8, 4) is 0 Å². The van der Waals surface area contributed by atoms with Gasteiger partial charge in [0.15, 0.2) is 5.58 Å². The van der Waals surface area contributed by atoms with Crippen molar-refractivity contribution in [3.05, 3.63) is 24.1 Å². The number of hydrogen-bond donors (Lipinski definition) is 2. The smallest absolute Gasteiger partial charge is 0.241 e. The Morgan fingerprint density at radius 2 is 2.00 bits per heavy atom. The second-order valence-corrected chi connectivity index (χ2v) is 6.71. The molecule has 0 fully saturated rings. The Labute approximate surface area is 124 Å². The minimum absolute atomic E-state index is 0.0910. The molecule has 0 aliphatic heterocycles. The molecular weight excluding hydrogens is 266 g/mol. The lowest BCUT2D eigenvalue weighted by molar-refractivity contribution is -0.118. The first-order chi connectivity index (χ1) is 9.68. The van der Waals surface area contributed by atoms with Crippen LogP contribution in [0.25, 0.3) is 11.1 Å². The van der Waals surface area contributed by atoms with E-state index in [2.05, 4.69) is 10.3 Å². The predicted molar refractivity (Wildman–Crippen MR) is 84.2 cm³/mol. The lowest BCUT2D eigenvalue weighted by Gasteiger charge is -2.15. The van der Waals surface area contributed by atoms with Gasteiger partial charge in [-0.05, 0) is 24.1 Å². The Bertz CT molecular complexity index is 653. The van der Waals surface area contributed by atoms with Crippen LogP contribution >= 0.6 is 0 Å². The number of oxazole rings is 1. The molecule has 2 rings (SSSR count). The van der Waals surface area contributed by atoms with E-state index in [0.717, 1.165) is 5.52 Å². The summed E-state index contributed by atoms with van der Waals surface area (Å²) in [7, 11) is 0. The molecule has 1 aromatic heterocycles. The number of carbonyl (C=O) groups is 1. The standard InChI is InChI=1S/C16H23N3O2/c1-9(2)13(17)14(20)18-10-6-7-12-11(8-10)19-15(21-12)16(3,4)5/h6-9,13H,17H2,1-5H3,(H,18,20)/t13-/m0/s1. The fourth-order valence-corrected chi connectivity index (χ4v) is 1.85. The van der Waals surface area contributed by atoms with Crippen molar-refractivity contribution in [2.75, 3.05) is 5.32 Å². The number of anilines is 1. The zero-order valence-corrected chi connectivity index (χ0v) is 13.2. The summed E-state index contributed by atoms with van der Waals surface area (Å²) in [6.07, 6.45) is 0. The number of aromatic nitrogens is 1. The van der Waals surface area contributed by atoms with Crippen molar-refractivity contribution in [1.82, 2.24) is 4.98 Å². The number of nitrogens with zero attached hydrogens (tertiary/aromatic N) is 1. The molecule has 114 valence electrons. The summed E-state index contributed by atoms with van der Waals surface area (Å²) < 4.78 is 5.73. The first-order valence-electron chi connectivity index (χ1n) is 7.16. The highest BCUT2D eigenvalue weighted by molar-refractivity contribution is 5.96. The van der Waals surface area contributed by atoms with Gasteiger partial charge in [-0.3, -0.25) is 4.79 Å². The molecule has 0 aliphatic rings. The first-order valence-corrected chi connectivity index (χ1v) is 7.16. The molecule has 1 amide bonds. The van der Waals surface area contributed by atoms with Gasteiger partial charge >= 0.3 is 0 Å². The number of hydrogen-bond acceptors (Lipinski definition) is 4. The van der Waals surface area contributed by atoms with E-state index in [4.69, 9.17) is 10.2 Å². The van der Waals surface area contributed by atoms with Crippen molar-refractivity contribution >= 4 is 22.7 Å². The molecule has 0 saturated heterocycles. The van der Waals surface area contributed by atoms with Gasteiger partial charge in [0.2, 0.25) is 11.8 Å². The van der Waals surface area contributed by atoms with Crippen LogP contribution in [0.4, 0.5) is 5.69 Å². The highest BCUT2D eigenvalue weighted by atomic mass is 16.3. The number of fused-ring (bicyclic) bond motifs is 1. The fourth-order valence-electron chi connectivity index (χ4n) is 1.85. The van der Waals surface area contributed by atoms with E-state index in [-0.39, 0.29) is 17.2 Å². The van der Waals surface area contributed by atoms with Crippen molar-refractivity contribution in [2.24, 2.45) is 11.7 Å². The molecule has 3 N–H and O–H groups in total. The van der Waals surface area contributed by atoms with Crippen molar-refractivity contribution in [2.45, 2.75) is 46.1 Å². The minimum atomic E-state index is -0.525. The van der Waals surface area contributed by atoms with Gasteiger partial charge in [-0.1, -0.05) is 34.6 Å². The molecular formula is C16H23N3O2. The maximum absolute atomic E-state index is 12.0. The summed E-state index contributed by atoms with van der Waals surface area (Å²) in [5.74, 6) is 0.581. The molecule has 1 aromatic carbocycles. The lowest BCUT2D eigenvalue weighted by atomic mass is 9.97. The Morgan fingerprint density at radius 3 is 2.57 bits per heavy atom. The van der Waals surface area contributed by atoms with Crippen molar-refractivity contribution < 1.29 is 9.21 Å². The van der Waals surface area contributed by atoms with Gasteiger partial charge in [-0.2, -0.15) is 0 Å². The Morgan fingerprint density at radius 1 is 1.33 bits per heavy atom. The quantitative estimate of drug-likeness (QED) is 0.910. The fraction of sp³-hybridized carbons (Fsp3) is 0.500. The molecule has 0 bridgehead atoms. The SMILES string of the molecule is CC(C)[C@H](N)C(=O)Nc1ccc2oc(C(C)(C)C)nc2c1. The van der Waals surface area contributed by atoms with Gasteiger partial charge in [-0.25, -0.2) is 4.98 Å². The monoisotopic (exact) mass is 289 g/mol. The van der Waals surface area contributed by atoms with E-state index in [9.17, 15) is 4.79 Å². The predicted octanol–water partition coefficient (Wildman–Crippen LogP) is 3.05. The zero-order chi connectivity index (χ0) is 15.8. The molecule has 5 nitrogen and oxygen atoms in total. The molecule has 2 aromatic rings. The third kappa shape index (κ3) is 3.42. The summed E-state index contributed by atoms with van der Waals surface area (Å²) in [5, 5.41) is 2.82. The van der Waals surface area contributed by atoms with E-state index < -0.39 is 6.04 Å². The van der Waals surface area contributed by atoms with Crippen LogP contribution in [-0.4, -0.2) is 16.9 Å². The van der Waals surface area contributed by atoms with Crippen molar-refractivity contribution in [1.29, 1.82) is 0 Å². The number of nitrogens with one attached hydrogen (secondary N) is 1. The maximum atomic E-state index is 12.0. The second kappa shape index (κ2) is 5.48. The van der Waals surface area contributed by atoms with Crippen LogP contribution in [0.15, 0.2) is 22.6 Å². The van der Waals surface area contributed by atoms with Gasteiger partial charge in [0.05, 0.1) is 6.04 Å². The Balaban J connectivity index is 2.25. The number of amides is 1. The van der Waals surface area contributed by atoms with Crippen LogP contribution < -0.4 is 11.1 Å². The van der Waals surface area contributed by atoms with Gasteiger partial charge in [0.25, 0.3) is 0 Å². The number of rotatable bonds is 3. The zero-order valence-electron chi connectivity index (χ0n) is 13.2. The van der Waals surface area contributed by atoms with E-state index in [1.165, 1.54) is 0 Å². The third-order valence-electron chi connectivity index (χ3n) is 3.32. The van der Waals surface area contributed by atoms with Gasteiger partial charge in [-0.15, -0.1) is 0 Å². The summed E-state index contributed by atoms with van der Waals surface area (Å²) in [5.41, 5.74) is 7.81. The first kappa shape index (κ1) is 15.5. The summed E-state index contributed by atoms with van der Waals surface area (Å²) in [6.45, 7) is 9.97. The van der Waals surface area contributed by atoms with E-state index in [0.29, 0.717) is 17.2 Å². The molecule has 1 atom stereocenters. The molecule has 5 heteroatoms. The normalized spacial score (nSPS) is 13.7. The molecule has 1 heterocycles. The average Bonchev–Trinajstić information content (AvgIpc) is 2.80. The van der Waals surface area contributed by atoms with Gasteiger partial charge in [0.1, 0.15) is 5.52 Å². The third-order valence-corrected chi connectivity index (χ3v) is 3.32. The van der Waals surface area contributed by atoms with Crippen LogP contribution in [0.1, 0.15) is 40.5 Å². The highest BCUT2D eigenvalue weighted by Gasteiger charge is 2.21. The van der Waals surface area contributed by atoms with Gasteiger partial charge in [0, 0.05) is 11.1 Å². The molecule has 0 spiro atoms. The summed E-state index contributed by atoms with van der Waals surface area (Å²) in [6, 6.07) is 4.89. The largest absolute Gasteiger partial charge is 0.440 e. The van der Waals surface area contributed by atoms with Crippen LogP contribution in [0.3, 0.4) is 0 Å². The van der Waals surface area contributed by atoms with E-state index in [1.54, 1.807) is 12.1 Å². The van der Waals surface area contributed by atoms with Gasteiger partial charge < -0.3 is 15.5 Å². The summed E-state index contributed by atoms with van der Waals surface area (Å²) >= 11 is 0. The number of nitrogens with two attached hydrogens (primary N) is 1. The lowest BCUT2D eigenvalue weighted by Crippen LogP contribution is -2.39. The minimum Gasteiger partial charge on any atom is -0.440 e. The molecule has 0 aliphatic carbocycles. The van der Waals surface area contributed by atoms with E-state index in [1.807, 2.05) is 40.7 Å². The Hall–Kier alpha value is -1.88. The van der Waals surface area contributed by atoms with E-state index >= 15 is 0 Å². The van der Waals surface area contributed by atoms with Crippen LogP contribution in [0.2, 0.25) is 0 Å².